The van der Waals surface area contributed by atoms with Crippen molar-refractivity contribution in [1.29, 1.82) is 0 Å². The molecule has 0 atom stereocenters. The monoisotopic (exact) mass is 259 g/mol. The average molecular weight is 259 g/mol. The summed E-state index contributed by atoms with van der Waals surface area (Å²) in [6, 6.07) is 20.2. The molecular formula is C15H15O2S+. The van der Waals surface area contributed by atoms with E-state index in [1.54, 1.807) is 0 Å². The predicted molar refractivity (Wildman–Crippen MR) is 73.7 cm³/mol. The summed E-state index contributed by atoms with van der Waals surface area (Å²) in [6.07, 6.45) is 0. The second-order valence-electron chi connectivity index (χ2n) is 3.74. The van der Waals surface area contributed by atoms with Gasteiger partial charge in [0.15, 0.2) is 9.79 Å². The molecule has 0 N–H and O–H groups in total. The van der Waals surface area contributed by atoms with Crippen molar-refractivity contribution < 1.29 is 9.53 Å². The quantitative estimate of drug-likeness (QED) is 0.623. The zero-order chi connectivity index (χ0) is 12.8. The van der Waals surface area contributed by atoms with E-state index in [0.717, 1.165) is 9.79 Å². The number of rotatable bonds is 4. The van der Waals surface area contributed by atoms with Crippen LogP contribution in [0.25, 0.3) is 0 Å². The number of carbonyl (C=O) groups excluding carboxylic acids is 1. The highest BCUT2D eigenvalue weighted by molar-refractivity contribution is 7.97. The van der Waals surface area contributed by atoms with Gasteiger partial charge in [-0.25, -0.2) is 4.79 Å². The molecule has 0 amide bonds. The molecule has 0 heterocycles. The highest BCUT2D eigenvalue weighted by atomic mass is 32.2. The molecule has 2 aromatic rings. The number of carbonyl (C=O) groups is 1. The molecule has 0 fully saturated rings. The van der Waals surface area contributed by atoms with Crippen LogP contribution in [0, 0.1) is 0 Å². The molecule has 0 radical (unpaired) electrons. The zero-order valence-electron chi connectivity index (χ0n) is 10.2. The maximum absolute atomic E-state index is 11.6. The van der Waals surface area contributed by atoms with Gasteiger partial charge in [-0.15, -0.1) is 0 Å². The molecule has 18 heavy (non-hydrogen) atoms. The minimum absolute atomic E-state index is 0.175. The van der Waals surface area contributed by atoms with Gasteiger partial charge in [0.05, 0.1) is 18.0 Å². The van der Waals surface area contributed by atoms with Crippen molar-refractivity contribution >= 4 is 16.9 Å². The fourth-order valence-electron chi connectivity index (χ4n) is 1.65. The first-order chi connectivity index (χ1) is 8.81. The summed E-state index contributed by atoms with van der Waals surface area (Å²) in [5.74, 6) is 0.218. The molecule has 0 saturated heterocycles. The molecule has 0 saturated carbocycles. The minimum Gasteiger partial charge on any atom is -0.466 e. The fraction of sp³-hybridized carbons (Fsp3) is 0.133. The molecule has 3 heteroatoms. The van der Waals surface area contributed by atoms with Gasteiger partial charge in [-0.3, -0.25) is 0 Å². The molecule has 2 rings (SSSR count). The highest BCUT2D eigenvalue weighted by Crippen LogP contribution is 2.23. The lowest BCUT2D eigenvalue weighted by molar-refractivity contribution is -0.137. The normalized spacial score (nSPS) is 10.3. The van der Waals surface area contributed by atoms with Crippen molar-refractivity contribution in [3.8, 4) is 0 Å². The van der Waals surface area contributed by atoms with E-state index >= 15 is 0 Å². The molecule has 0 aliphatic carbocycles. The molecule has 2 nitrogen and oxygen atoms in total. The SMILES string of the molecule is COC(=O)C[S+](c1ccccc1)c1ccccc1. The van der Waals surface area contributed by atoms with Crippen molar-refractivity contribution in [3.05, 3.63) is 60.7 Å². The summed E-state index contributed by atoms with van der Waals surface area (Å²) in [6.45, 7) is 0. The van der Waals surface area contributed by atoms with E-state index in [0.29, 0.717) is 5.75 Å². The van der Waals surface area contributed by atoms with Crippen LogP contribution in [0.1, 0.15) is 0 Å². The molecule has 92 valence electrons. The lowest BCUT2D eigenvalue weighted by Crippen LogP contribution is -2.18. The molecule has 0 bridgehead atoms. The van der Waals surface area contributed by atoms with E-state index in [4.69, 9.17) is 4.74 Å². The van der Waals surface area contributed by atoms with Crippen LogP contribution in [0.4, 0.5) is 0 Å². The van der Waals surface area contributed by atoms with Gasteiger partial charge in [0.25, 0.3) is 0 Å². The first kappa shape index (κ1) is 12.7. The average Bonchev–Trinajstić information content (AvgIpc) is 2.46. The summed E-state index contributed by atoms with van der Waals surface area (Å²) >= 11 is 0. The van der Waals surface area contributed by atoms with Crippen LogP contribution in [0.15, 0.2) is 70.5 Å². The molecule has 2 aromatic carbocycles. The van der Waals surface area contributed by atoms with Crippen molar-refractivity contribution in [2.75, 3.05) is 12.9 Å². The Kier molecular flexibility index (Phi) is 4.42. The van der Waals surface area contributed by atoms with Crippen LogP contribution >= 0.6 is 0 Å². The summed E-state index contributed by atoms with van der Waals surface area (Å²) in [5.41, 5.74) is 0. The first-order valence-corrected chi connectivity index (χ1v) is 7.08. The van der Waals surface area contributed by atoms with Crippen LogP contribution in [-0.4, -0.2) is 18.8 Å². The van der Waals surface area contributed by atoms with Crippen molar-refractivity contribution in [2.24, 2.45) is 0 Å². The fourth-order valence-corrected chi connectivity index (χ4v) is 3.58. The van der Waals surface area contributed by atoms with Crippen LogP contribution in [0.5, 0.6) is 0 Å². The topological polar surface area (TPSA) is 26.3 Å². The van der Waals surface area contributed by atoms with E-state index < -0.39 is 0 Å². The third-order valence-corrected chi connectivity index (χ3v) is 4.75. The smallest absolute Gasteiger partial charge is 0.356 e. The van der Waals surface area contributed by atoms with Crippen LogP contribution < -0.4 is 0 Å². The zero-order valence-corrected chi connectivity index (χ0v) is 11.0. The Labute approximate surface area is 110 Å². The van der Waals surface area contributed by atoms with Gasteiger partial charge in [-0.1, -0.05) is 36.4 Å². The molecular weight excluding hydrogens is 244 g/mol. The van der Waals surface area contributed by atoms with Crippen LogP contribution in [-0.2, 0) is 20.4 Å². The van der Waals surface area contributed by atoms with Gasteiger partial charge < -0.3 is 4.74 Å². The summed E-state index contributed by atoms with van der Waals surface area (Å²) in [5, 5.41) is 0. The standard InChI is InChI=1S/C15H15O2S/c1-17-15(16)12-18(13-8-4-2-5-9-13)14-10-6-3-7-11-14/h2-11H,12H2,1H3/q+1. The lowest BCUT2D eigenvalue weighted by atomic mass is 10.4. The predicted octanol–water partition coefficient (Wildman–Crippen LogP) is 2.90. The molecule has 0 aromatic heterocycles. The molecule has 0 unspecified atom stereocenters. The third-order valence-electron chi connectivity index (χ3n) is 2.55. The Bertz CT molecular complexity index is 457. The van der Waals surface area contributed by atoms with E-state index in [1.807, 2.05) is 36.4 Å². The molecule has 0 aliphatic rings. The number of esters is 1. The van der Waals surface area contributed by atoms with Crippen LogP contribution in [0.2, 0.25) is 0 Å². The summed E-state index contributed by atoms with van der Waals surface area (Å²) < 4.78 is 4.79. The van der Waals surface area contributed by atoms with Gasteiger partial charge in [0.2, 0.25) is 5.75 Å². The van der Waals surface area contributed by atoms with Gasteiger partial charge in [0.1, 0.15) is 0 Å². The van der Waals surface area contributed by atoms with E-state index in [2.05, 4.69) is 24.3 Å². The Hall–Kier alpha value is -1.74. The third kappa shape index (κ3) is 3.14. The maximum Gasteiger partial charge on any atom is 0.356 e. The second kappa shape index (κ2) is 6.26. The van der Waals surface area contributed by atoms with E-state index in [1.165, 1.54) is 7.11 Å². The Morgan fingerprint density at radius 1 is 0.944 bits per heavy atom. The number of hydrogen-bond acceptors (Lipinski definition) is 2. The first-order valence-electron chi connectivity index (χ1n) is 5.69. The highest BCUT2D eigenvalue weighted by Gasteiger charge is 2.28. The summed E-state index contributed by atoms with van der Waals surface area (Å²) in [4.78, 5) is 13.9. The van der Waals surface area contributed by atoms with E-state index in [-0.39, 0.29) is 16.9 Å². The Morgan fingerprint density at radius 2 is 1.39 bits per heavy atom. The van der Waals surface area contributed by atoms with Gasteiger partial charge in [-0.2, -0.15) is 0 Å². The van der Waals surface area contributed by atoms with Gasteiger partial charge in [-0.05, 0) is 24.3 Å². The minimum atomic E-state index is -0.256. The van der Waals surface area contributed by atoms with Crippen LogP contribution in [0.3, 0.4) is 0 Å². The second-order valence-corrected chi connectivity index (χ2v) is 5.75. The van der Waals surface area contributed by atoms with Crippen molar-refractivity contribution in [3.63, 3.8) is 0 Å². The number of methoxy groups -OCH3 is 1. The number of benzene rings is 2. The van der Waals surface area contributed by atoms with Crippen molar-refractivity contribution in [2.45, 2.75) is 9.79 Å². The molecule has 0 aliphatic heterocycles. The Balaban J connectivity index is 2.32. The Morgan fingerprint density at radius 3 is 1.78 bits per heavy atom. The lowest BCUT2D eigenvalue weighted by Gasteiger charge is -2.06. The van der Waals surface area contributed by atoms with E-state index in [9.17, 15) is 4.79 Å². The van der Waals surface area contributed by atoms with Crippen molar-refractivity contribution in [1.82, 2.24) is 0 Å². The number of ether oxygens (including phenoxy) is 1. The molecule has 0 spiro atoms. The van der Waals surface area contributed by atoms with Gasteiger partial charge in [0, 0.05) is 0 Å². The number of hydrogen-bond donors (Lipinski definition) is 0. The largest absolute Gasteiger partial charge is 0.466 e. The van der Waals surface area contributed by atoms with Gasteiger partial charge >= 0.3 is 5.97 Å². The maximum atomic E-state index is 11.6. The summed E-state index contributed by atoms with van der Waals surface area (Å²) in [7, 11) is 1.17.